The Kier molecular flexibility index (Phi) is 5.25. The van der Waals surface area contributed by atoms with Gasteiger partial charge in [0.2, 0.25) is 0 Å². The second kappa shape index (κ2) is 7.78. The highest BCUT2D eigenvalue weighted by atomic mass is 16.6. The van der Waals surface area contributed by atoms with Crippen molar-refractivity contribution in [1.29, 1.82) is 0 Å². The first-order valence-corrected chi connectivity index (χ1v) is 8.44. The van der Waals surface area contributed by atoms with Crippen LogP contribution in [-0.4, -0.2) is 28.6 Å². The van der Waals surface area contributed by atoms with E-state index < -0.39 is 23.0 Å². The van der Waals surface area contributed by atoms with Gasteiger partial charge >= 0.3 is 12.0 Å². The summed E-state index contributed by atoms with van der Waals surface area (Å²) in [5.74, 6) is -1.02. The van der Waals surface area contributed by atoms with Crippen LogP contribution in [0.25, 0.3) is 5.70 Å². The summed E-state index contributed by atoms with van der Waals surface area (Å²) in [7, 11) is 0. The van der Waals surface area contributed by atoms with Gasteiger partial charge in [-0.3, -0.25) is 10.1 Å². The molecule has 0 spiro atoms. The standard InChI is InChI=1S/C19H17N3O6/c1-2-28-18(24)15-16(11-6-4-3-5-7-11)20-19(25)21-17(15)13-10-12(22(26)27)8-9-14(13)23/h3-10,17,23H,2H2,1H3,(H2,20,21,25). The highest BCUT2D eigenvalue weighted by Gasteiger charge is 2.36. The number of hydrogen-bond acceptors (Lipinski definition) is 6. The van der Waals surface area contributed by atoms with Crippen molar-refractivity contribution in [2.45, 2.75) is 13.0 Å². The number of nitro groups is 1. The summed E-state index contributed by atoms with van der Waals surface area (Å²) in [4.78, 5) is 35.5. The Labute approximate surface area is 159 Å². The molecule has 2 amide bonds. The SMILES string of the molecule is CCOC(=O)C1=C(c2ccccc2)NC(=O)NC1c1cc([N+](=O)[O-])ccc1O. The van der Waals surface area contributed by atoms with Gasteiger partial charge in [0.15, 0.2) is 0 Å². The number of esters is 1. The third-order valence-electron chi connectivity index (χ3n) is 4.16. The van der Waals surface area contributed by atoms with E-state index in [1.165, 1.54) is 0 Å². The van der Waals surface area contributed by atoms with Crippen molar-refractivity contribution in [1.82, 2.24) is 10.6 Å². The van der Waals surface area contributed by atoms with E-state index in [9.17, 15) is 24.8 Å². The van der Waals surface area contributed by atoms with Crippen LogP contribution >= 0.6 is 0 Å². The van der Waals surface area contributed by atoms with Gasteiger partial charge in [-0.05, 0) is 18.6 Å². The molecule has 9 nitrogen and oxygen atoms in total. The monoisotopic (exact) mass is 383 g/mol. The number of carbonyl (C=O) groups excluding carboxylic acids is 2. The van der Waals surface area contributed by atoms with Crippen LogP contribution in [0.15, 0.2) is 54.1 Å². The summed E-state index contributed by atoms with van der Waals surface area (Å²) < 4.78 is 5.13. The second-order valence-electron chi connectivity index (χ2n) is 5.91. The van der Waals surface area contributed by atoms with E-state index in [4.69, 9.17) is 4.74 Å². The highest BCUT2D eigenvalue weighted by Crippen LogP contribution is 2.37. The van der Waals surface area contributed by atoms with Gasteiger partial charge in [0.1, 0.15) is 5.75 Å². The molecule has 0 fully saturated rings. The van der Waals surface area contributed by atoms with Crippen molar-refractivity contribution in [3.63, 3.8) is 0 Å². The maximum atomic E-state index is 12.7. The number of non-ortho nitro benzene ring substituents is 1. The maximum Gasteiger partial charge on any atom is 0.338 e. The fraction of sp³-hybridized carbons (Fsp3) is 0.158. The Bertz CT molecular complexity index is 971. The lowest BCUT2D eigenvalue weighted by Crippen LogP contribution is -2.45. The number of amides is 2. The molecule has 1 heterocycles. The number of phenolic OH excluding ortho intramolecular Hbond substituents is 1. The Hall–Kier alpha value is -3.88. The number of aromatic hydroxyl groups is 1. The smallest absolute Gasteiger partial charge is 0.338 e. The summed E-state index contributed by atoms with van der Waals surface area (Å²) in [6.07, 6.45) is 0. The Morgan fingerprint density at radius 3 is 2.61 bits per heavy atom. The topological polar surface area (TPSA) is 131 Å². The van der Waals surface area contributed by atoms with E-state index >= 15 is 0 Å². The number of ether oxygens (including phenoxy) is 1. The van der Waals surface area contributed by atoms with Crippen LogP contribution in [0.4, 0.5) is 10.5 Å². The highest BCUT2D eigenvalue weighted by molar-refractivity contribution is 6.04. The van der Waals surface area contributed by atoms with Crippen LogP contribution in [0.1, 0.15) is 24.1 Å². The Morgan fingerprint density at radius 1 is 1.25 bits per heavy atom. The zero-order valence-corrected chi connectivity index (χ0v) is 14.8. The Balaban J connectivity index is 2.23. The van der Waals surface area contributed by atoms with Crippen LogP contribution in [0.2, 0.25) is 0 Å². The molecule has 0 saturated heterocycles. The molecule has 144 valence electrons. The van der Waals surface area contributed by atoms with Crippen molar-refractivity contribution in [3.8, 4) is 5.75 Å². The molecule has 2 aromatic rings. The van der Waals surface area contributed by atoms with Gasteiger partial charge in [0.25, 0.3) is 5.69 Å². The lowest BCUT2D eigenvalue weighted by Gasteiger charge is -2.29. The average molecular weight is 383 g/mol. The molecule has 1 aliphatic rings. The summed E-state index contributed by atoms with van der Waals surface area (Å²) >= 11 is 0. The fourth-order valence-corrected chi connectivity index (χ4v) is 2.95. The maximum absolute atomic E-state index is 12.7. The molecule has 2 aromatic carbocycles. The van der Waals surface area contributed by atoms with E-state index in [-0.39, 0.29) is 34.9 Å². The molecule has 0 radical (unpaired) electrons. The summed E-state index contributed by atoms with van der Waals surface area (Å²) in [6, 6.07) is 10.3. The molecular weight excluding hydrogens is 366 g/mol. The quantitative estimate of drug-likeness (QED) is 0.413. The van der Waals surface area contributed by atoms with E-state index in [0.717, 1.165) is 18.2 Å². The van der Waals surface area contributed by atoms with E-state index in [2.05, 4.69) is 10.6 Å². The van der Waals surface area contributed by atoms with Crippen LogP contribution in [-0.2, 0) is 9.53 Å². The van der Waals surface area contributed by atoms with E-state index in [0.29, 0.717) is 5.56 Å². The number of nitrogens with zero attached hydrogens (tertiary/aromatic N) is 1. The van der Waals surface area contributed by atoms with Crippen molar-refractivity contribution in [2.75, 3.05) is 6.61 Å². The number of carbonyl (C=O) groups is 2. The molecule has 3 N–H and O–H groups in total. The van der Waals surface area contributed by atoms with E-state index in [1.54, 1.807) is 37.3 Å². The first-order valence-electron chi connectivity index (χ1n) is 8.44. The molecule has 0 bridgehead atoms. The molecule has 1 unspecified atom stereocenters. The number of benzene rings is 2. The van der Waals surface area contributed by atoms with Crippen molar-refractivity contribution >= 4 is 23.4 Å². The van der Waals surface area contributed by atoms with Crippen LogP contribution < -0.4 is 10.6 Å². The van der Waals surface area contributed by atoms with Gasteiger partial charge in [-0.25, -0.2) is 9.59 Å². The van der Waals surface area contributed by atoms with Gasteiger partial charge in [0.05, 0.1) is 28.8 Å². The minimum atomic E-state index is -1.14. The lowest BCUT2D eigenvalue weighted by molar-refractivity contribution is -0.385. The van der Waals surface area contributed by atoms with Gasteiger partial charge < -0.3 is 20.5 Å². The van der Waals surface area contributed by atoms with Crippen molar-refractivity contribution in [3.05, 3.63) is 75.3 Å². The van der Waals surface area contributed by atoms with Crippen LogP contribution in [0.5, 0.6) is 5.75 Å². The number of hydrogen-bond donors (Lipinski definition) is 3. The van der Waals surface area contributed by atoms with Gasteiger partial charge in [0, 0.05) is 17.7 Å². The molecule has 0 aliphatic carbocycles. The zero-order chi connectivity index (χ0) is 20.3. The third kappa shape index (κ3) is 3.63. The summed E-state index contributed by atoms with van der Waals surface area (Å²) in [5, 5.41) is 26.5. The van der Waals surface area contributed by atoms with Crippen molar-refractivity contribution < 1.29 is 24.4 Å². The van der Waals surface area contributed by atoms with Crippen molar-refractivity contribution in [2.24, 2.45) is 0 Å². The summed E-state index contributed by atoms with van der Waals surface area (Å²) in [5.41, 5.74) is 0.517. The predicted molar refractivity (Wildman–Crippen MR) is 99.2 cm³/mol. The van der Waals surface area contributed by atoms with E-state index in [1.807, 2.05) is 0 Å². The molecule has 9 heteroatoms. The molecule has 28 heavy (non-hydrogen) atoms. The second-order valence-corrected chi connectivity index (χ2v) is 5.91. The molecule has 0 aromatic heterocycles. The first-order chi connectivity index (χ1) is 13.4. The Morgan fingerprint density at radius 2 is 1.96 bits per heavy atom. The predicted octanol–water partition coefficient (Wildman–Crippen LogP) is 2.63. The van der Waals surface area contributed by atoms with Crippen LogP contribution in [0.3, 0.4) is 0 Å². The van der Waals surface area contributed by atoms with Crippen LogP contribution in [0, 0.1) is 10.1 Å². The molecular formula is C19H17N3O6. The number of phenols is 1. The normalized spacial score (nSPS) is 16.2. The minimum absolute atomic E-state index is 0.0144. The summed E-state index contributed by atoms with van der Waals surface area (Å²) in [6.45, 7) is 1.72. The molecule has 1 aliphatic heterocycles. The zero-order valence-electron chi connectivity index (χ0n) is 14.8. The van der Waals surface area contributed by atoms with Gasteiger partial charge in [-0.15, -0.1) is 0 Å². The number of nitro benzene ring substituents is 1. The number of urea groups is 1. The molecule has 1 atom stereocenters. The number of rotatable bonds is 5. The van der Waals surface area contributed by atoms with Gasteiger partial charge in [-0.2, -0.15) is 0 Å². The number of nitrogens with one attached hydrogen (secondary N) is 2. The van der Waals surface area contributed by atoms with Gasteiger partial charge in [-0.1, -0.05) is 30.3 Å². The molecule has 0 saturated carbocycles. The molecule has 3 rings (SSSR count). The largest absolute Gasteiger partial charge is 0.508 e. The minimum Gasteiger partial charge on any atom is -0.508 e. The first kappa shape index (κ1) is 18.9. The average Bonchev–Trinajstić information content (AvgIpc) is 2.68. The lowest BCUT2D eigenvalue weighted by atomic mass is 9.92. The third-order valence-corrected chi connectivity index (χ3v) is 4.16. The fourth-order valence-electron chi connectivity index (χ4n) is 2.95.